The van der Waals surface area contributed by atoms with Crippen LogP contribution in [0.5, 0.6) is 0 Å². The highest BCUT2D eigenvalue weighted by molar-refractivity contribution is 5.81. The molecule has 0 saturated carbocycles. The molecule has 0 aliphatic carbocycles. The first-order valence-electron chi connectivity index (χ1n) is 6.91. The Morgan fingerprint density at radius 1 is 1.32 bits per heavy atom. The molecule has 7 heteroatoms. The van der Waals surface area contributed by atoms with Gasteiger partial charge in [-0.15, -0.1) is 0 Å². The molecule has 1 atom stereocenters. The number of aliphatic imine (C=N–C) groups is 1. The Morgan fingerprint density at radius 2 is 2.05 bits per heavy atom. The highest BCUT2D eigenvalue weighted by Crippen LogP contribution is 2.23. The number of fused-ring (bicyclic) bond motifs is 1. The second-order valence-electron chi connectivity index (χ2n) is 4.92. The molecular weight excluding hydrogens is 295 g/mol. The molecule has 0 fully saturated rings. The average Bonchev–Trinajstić information content (AvgIpc) is 2.88. The Hall–Kier alpha value is -2.18. The van der Waals surface area contributed by atoms with Crippen LogP contribution in [0.25, 0.3) is 11.0 Å². The summed E-state index contributed by atoms with van der Waals surface area (Å²) in [5.41, 5.74) is 0.770. The van der Waals surface area contributed by atoms with E-state index in [4.69, 9.17) is 4.42 Å². The summed E-state index contributed by atoms with van der Waals surface area (Å²) in [6.45, 7) is 1.63. The van der Waals surface area contributed by atoms with Crippen molar-refractivity contribution in [3.8, 4) is 0 Å². The minimum atomic E-state index is -4.18. The molecule has 1 aromatic heterocycles. The SMILES string of the molecule is CN=C(NCCC(F)(F)F)NC(C)c1cc2ccccc2o1. The zero-order valence-corrected chi connectivity index (χ0v) is 12.4. The zero-order chi connectivity index (χ0) is 16.2. The minimum absolute atomic E-state index is 0.218. The van der Waals surface area contributed by atoms with E-state index >= 15 is 0 Å². The highest BCUT2D eigenvalue weighted by atomic mass is 19.4. The van der Waals surface area contributed by atoms with Crippen LogP contribution in [0.15, 0.2) is 39.7 Å². The van der Waals surface area contributed by atoms with E-state index in [1.165, 1.54) is 7.05 Å². The number of benzene rings is 1. The number of furan rings is 1. The molecule has 2 aromatic rings. The standard InChI is InChI=1S/C15H18F3N3O/c1-10(13-9-11-5-3-4-6-12(11)22-13)21-14(19-2)20-8-7-15(16,17)18/h3-6,9-10H,7-8H2,1-2H3,(H2,19,20,21). The van der Waals surface area contributed by atoms with Crippen molar-refractivity contribution in [3.63, 3.8) is 0 Å². The predicted molar refractivity (Wildman–Crippen MR) is 79.8 cm³/mol. The van der Waals surface area contributed by atoms with Gasteiger partial charge in [0, 0.05) is 19.0 Å². The normalized spacial score (nSPS) is 14.1. The highest BCUT2D eigenvalue weighted by Gasteiger charge is 2.26. The van der Waals surface area contributed by atoms with Gasteiger partial charge in [-0.05, 0) is 19.1 Å². The molecule has 0 bridgehead atoms. The van der Waals surface area contributed by atoms with Gasteiger partial charge >= 0.3 is 6.18 Å². The summed E-state index contributed by atoms with van der Waals surface area (Å²) in [6, 6.07) is 9.27. The van der Waals surface area contributed by atoms with E-state index < -0.39 is 12.6 Å². The molecule has 0 amide bonds. The van der Waals surface area contributed by atoms with Crippen LogP contribution in [0.1, 0.15) is 25.1 Å². The maximum atomic E-state index is 12.1. The van der Waals surface area contributed by atoms with Crippen LogP contribution >= 0.6 is 0 Å². The van der Waals surface area contributed by atoms with Crippen LogP contribution < -0.4 is 10.6 Å². The number of hydrogen-bond acceptors (Lipinski definition) is 2. The number of guanidine groups is 1. The molecule has 0 radical (unpaired) electrons. The second-order valence-corrected chi connectivity index (χ2v) is 4.92. The van der Waals surface area contributed by atoms with Crippen molar-refractivity contribution in [2.24, 2.45) is 4.99 Å². The lowest BCUT2D eigenvalue weighted by Crippen LogP contribution is -2.40. The lowest BCUT2D eigenvalue weighted by atomic mass is 10.2. The minimum Gasteiger partial charge on any atom is -0.459 e. The quantitative estimate of drug-likeness (QED) is 0.669. The van der Waals surface area contributed by atoms with E-state index in [1.54, 1.807) is 0 Å². The molecule has 1 unspecified atom stereocenters. The van der Waals surface area contributed by atoms with E-state index in [1.807, 2.05) is 37.3 Å². The number of nitrogens with one attached hydrogen (secondary N) is 2. The van der Waals surface area contributed by atoms with E-state index in [0.717, 1.165) is 11.0 Å². The first kappa shape index (κ1) is 16.2. The average molecular weight is 313 g/mol. The van der Waals surface area contributed by atoms with Crippen molar-refractivity contribution < 1.29 is 17.6 Å². The van der Waals surface area contributed by atoms with Crippen molar-refractivity contribution >= 4 is 16.9 Å². The summed E-state index contributed by atoms with van der Waals surface area (Å²) < 4.78 is 42.1. The molecule has 0 saturated heterocycles. The monoisotopic (exact) mass is 313 g/mol. The molecule has 0 aliphatic heterocycles. The van der Waals surface area contributed by atoms with Gasteiger partial charge in [-0.25, -0.2) is 0 Å². The molecule has 0 spiro atoms. The Balaban J connectivity index is 1.95. The number of hydrogen-bond donors (Lipinski definition) is 2. The second kappa shape index (κ2) is 6.72. The van der Waals surface area contributed by atoms with Gasteiger partial charge in [0.15, 0.2) is 5.96 Å². The van der Waals surface area contributed by atoms with E-state index in [9.17, 15) is 13.2 Å². The van der Waals surface area contributed by atoms with Gasteiger partial charge in [0.2, 0.25) is 0 Å². The molecule has 1 aromatic carbocycles. The first-order chi connectivity index (χ1) is 10.4. The van der Waals surface area contributed by atoms with Crippen LogP contribution in [-0.4, -0.2) is 25.7 Å². The molecule has 2 rings (SSSR count). The van der Waals surface area contributed by atoms with Crippen molar-refractivity contribution in [2.75, 3.05) is 13.6 Å². The van der Waals surface area contributed by atoms with Gasteiger partial charge in [0.1, 0.15) is 11.3 Å². The predicted octanol–water partition coefficient (Wildman–Crippen LogP) is 3.61. The molecule has 1 heterocycles. The van der Waals surface area contributed by atoms with E-state index in [-0.39, 0.29) is 12.6 Å². The third kappa shape index (κ3) is 4.41. The summed E-state index contributed by atoms with van der Waals surface area (Å²) in [5.74, 6) is 0.997. The molecule has 0 aliphatic rings. The Labute approximate surface area is 126 Å². The van der Waals surface area contributed by atoms with Gasteiger partial charge in [-0.3, -0.25) is 4.99 Å². The summed E-state index contributed by atoms with van der Waals surface area (Å²) >= 11 is 0. The summed E-state index contributed by atoms with van der Waals surface area (Å²) in [6.07, 6.45) is -5.09. The molecule has 120 valence electrons. The molecule has 22 heavy (non-hydrogen) atoms. The van der Waals surface area contributed by atoms with Gasteiger partial charge in [0.25, 0.3) is 0 Å². The fourth-order valence-corrected chi connectivity index (χ4v) is 2.01. The van der Waals surface area contributed by atoms with Crippen LogP contribution in [0.2, 0.25) is 0 Å². The Morgan fingerprint density at radius 3 is 2.68 bits per heavy atom. The lowest BCUT2D eigenvalue weighted by molar-refractivity contribution is -0.132. The fourth-order valence-electron chi connectivity index (χ4n) is 2.01. The van der Waals surface area contributed by atoms with Crippen molar-refractivity contribution in [3.05, 3.63) is 36.1 Å². The summed E-state index contributed by atoms with van der Waals surface area (Å²) in [7, 11) is 1.51. The van der Waals surface area contributed by atoms with E-state index in [2.05, 4.69) is 15.6 Å². The van der Waals surface area contributed by atoms with Gasteiger partial charge < -0.3 is 15.1 Å². The van der Waals surface area contributed by atoms with Gasteiger partial charge in [-0.2, -0.15) is 13.2 Å². The lowest BCUT2D eigenvalue weighted by Gasteiger charge is -2.16. The van der Waals surface area contributed by atoms with Crippen LogP contribution in [-0.2, 0) is 0 Å². The largest absolute Gasteiger partial charge is 0.459 e. The number of nitrogens with zero attached hydrogens (tertiary/aromatic N) is 1. The van der Waals surface area contributed by atoms with E-state index in [0.29, 0.717) is 11.7 Å². The first-order valence-corrected chi connectivity index (χ1v) is 6.91. The van der Waals surface area contributed by atoms with Crippen LogP contribution in [0, 0.1) is 0 Å². The Kier molecular flexibility index (Phi) is 4.95. The maximum Gasteiger partial charge on any atom is 0.390 e. The summed E-state index contributed by atoms with van der Waals surface area (Å²) in [4.78, 5) is 3.91. The fraction of sp³-hybridized carbons (Fsp3) is 0.400. The number of rotatable bonds is 4. The van der Waals surface area contributed by atoms with Crippen molar-refractivity contribution in [2.45, 2.75) is 25.6 Å². The third-order valence-electron chi connectivity index (χ3n) is 3.15. The van der Waals surface area contributed by atoms with Crippen molar-refractivity contribution in [1.29, 1.82) is 0 Å². The third-order valence-corrected chi connectivity index (χ3v) is 3.15. The smallest absolute Gasteiger partial charge is 0.390 e. The topological polar surface area (TPSA) is 49.6 Å². The van der Waals surface area contributed by atoms with Crippen LogP contribution in [0.3, 0.4) is 0 Å². The van der Waals surface area contributed by atoms with Gasteiger partial charge in [0.05, 0.1) is 12.5 Å². The number of alkyl halides is 3. The Bertz CT molecular complexity index is 616. The molecular formula is C15H18F3N3O. The summed E-state index contributed by atoms with van der Waals surface area (Å²) in [5, 5.41) is 6.62. The van der Waals surface area contributed by atoms with Crippen molar-refractivity contribution in [1.82, 2.24) is 10.6 Å². The number of para-hydroxylation sites is 1. The van der Waals surface area contributed by atoms with Crippen LogP contribution in [0.4, 0.5) is 13.2 Å². The zero-order valence-electron chi connectivity index (χ0n) is 12.4. The molecule has 4 nitrogen and oxygen atoms in total. The number of halogens is 3. The maximum absolute atomic E-state index is 12.1. The van der Waals surface area contributed by atoms with Gasteiger partial charge in [-0.1, -0.05) is 18.2 Å². The molecule has 2 N–H and O–H groups in total.